The molecule has 0 aliphatic rings. The number of carbonyl (C=O) groups is 1. The van der Waals surface area contributed by atoms with Gasteiger partial charge in [0.15, 0.2) is 0 Å². The molecule has 3 nitrogen and oxygen atoms in total. The summed E-state index contributed by atoms with van der Waals surface area (Å²) in [7, 11) is 0. The highest BCUT2D eigenvalue weighted by Crippen LogP contribution is 2.26. The quantitative estimate of drug-likeness (QED) is 0.615. The van der Waals surface area contributed by atoms with Crippen LogP contribution in [0.1, 0.15) is 32.3 Å². The first-order chi connectivity index (χ1) is 9.08. The fourth-order valence-corrected chi connectivity index (χ4v) is 2.86. The van der Waals surface area contributed by atoms with Gasteiger partial charge in [0.1, 0.15) is 0 Å². The Balaban J connectivity index is 2.59. The van der Waals surface area contributed by atoms with E-state index in [2.05, 4.69) is 13.8 Å². The van der Waals surface area contributed by atoms with Gasteiger partial charge < -0.3 is 10.6 Å². The molecule has 2 N–H and O–H groups in total. The minimum atomic E-state index is 0.203. The maximum Gasteiger partial charge on any atom is 0.232 e. The van der Waals surface area contributed by atoms with E-state index in [1.54, 1.807) is 0 Å². The second-order valence-electron chi connectivity index (χ2n) is 4.71. The van der Waals surface area contributed by atoms with Gasteiger partial charge in [0.05, 0.1) is 5.75 Å². The molecule has 0 fully saturated rings. The lowest BCUT2D eigenvalue weighted by Gasteiger charge is -2.21. The number of hydrogen-bond donors (Lipinski definition) is 1. The van der Waals surface area contributed by atoms with Crippen molar-refractivity contribution in [3.05, 3.63) is 23.8 Å². The molecular weight excluding hydrogens is 256 g/mol. The topological polar surface area (TPSA) is 46.3 Å². The van der Waals surface area contributed by atoms with Crippen LogP contribution >= 0.6 is 11.8 Å². The first-order valence-electron chi connectivity index (χ1n) is 6.85. The highest BCUT2D eigenvalue weighted by molar-refractivity contribution is 8.00. The summed E-state index contributed by atoms with van der Waals surface area (Å²) >= 11 is 1.53. The van der Waals surface area contributed by atoms with Crippen LogP contribution in [0.25, 0.3) is 0 Å². The fourth-order valence-electron chi connectivity index (χ4n) is 1.90. The summed E-state index contributed by atoms with van der Waals surface area (Å²) in [6, 6.07) is 5.93. The Hall–Kier alpha value is -1.16. The number of nitrogen functional groups attached to an aromatic ring is 1. The minimum Gasteiger partial charge on any atom is -0.398 e. The fraction of sp³-hybridized carbons (Fsp3) is 0.533. The van der Waals surface area contributed by atoms with Crippen molar-refractivity contribution in [3.8, 4) is 0 Å². The average molecular weight is 280 g/mol. The SMILES string of the molecule is CCCN(CCC)C(=O)CSc1cc(C)ccc1N. The largest absolute Gasteiger partial charge is 0.398 e. The first-order valence-corrected chi connectivity index (χ1v) is 7.83. The van der Waals surface area contributed by atoms with Crippen molar-refractivity contribution in [2.75, 3.05) is 24.6 Å². The van der Waals surface area contributed by atoms with E-state index in [-0.39, 0.29) is 5.91 Å². The molecule has 19 heavy (non-hydrogen) atoms. The number of nitrogens with zero attached hydrogens (tertiary/aromatic N) is 1. The Labute approximate surface area is 120 Å². The number of nitrogens with two attached hydrogens (primary N) is 1. The molecule has 0 aliphatic heterocycles. The molecule has 0 aliphatic carbocycles. The van der Waals surface area contributed by atoms with Gasteiger partial charge in [-0.1, -0.05) is 19.9 Å². The molecule has 0 bridgehead atoms. The molecule has 0 saturated carbocycles. The van der Waals surface area contributed by atoms with Crippen molar-refractivity contribution in [1.29, 1.82) is 0 Å². The number of carbonyl (C=O) groups excluding carboxylic acids is 1. The molecule has 4 heteroatoms. The van der Waals surface area contributed by atoms with Crippen LogP contribution in [0.2, 0.25) is 0 Å². The highest BCUT2D eigenvalue weighted by atomic mass is 32.2. The van der Waals surface area contributed by atoms with Crippen LogP contribution in [-0.2, 0) is 4.79 Å². The van der Waals surface area contributed by atoms with Crippen molar-refractivity contribution >= 4 is 23.4 Å². The van der Waals surface area contributed by atoms with Crippen LogP contribution in [0, 0.1) is 6.92 Å². The van der Waals surface area contributed by atoms with E-state index < -0.39 is 0 Å². The van der Waals surface area contributed by atoms with Gasteiger partial charge >= 0.3 is 0 Å². The van der Waals surface area contributed by atoms with E-state index in [0.29, 0.717) is 5.75 Å². The molecule has 1 amide bonds. The number of thioether (sulfide) groups is 1. The molecule has 0 spiro atoms. The van der Waals surface area contributed by atoms with Crippen molar-refractivity contribution in [1.82, 2.24) is 4.90 Å². The number of aryl methyl sites for hydroxylation is 1. The van der Waals surface area contributed by atoms with E-state index in [4.69, 9.17) is 5.73 Å². The number of benzene rings is 1. The molecule has 0 aromatic heterocycles. The Morgan fingerprint density at radius 3 is 2.47 bits per heavy atom. The second-order valence-corrected chi connectivity index (χ2v) is 5.73. The van der Waals surface area contributed by atoms with Gasteiger partial charge in [0, 0.05) is 23.7 Å². The predicted octanol–water partition coefficient (Wildman–Crippen LogP) is 3.32. The zero-order chi connectivity index (χ0) is 14.3. The first kappa shape index (κ1) is 15.9. The maximum atomic E-state index is 12.2. The molecule has 0 heterocycles. The van der Waals surface area contributed by atoms with Crippen LogP contribution in [-0.4, -0.2) is 29.6 Å². The monoisotopic (exact) mass is 280 g/mol. The van der Waals surface area contributed by atoms with Crippen LogP contribution in [0.3, 0.4) is 0 Å². The van der Waals surface area contributed by atoms with E-state index in [1.165, 1.54) is 17.3 Å². The van der Waals surface area contributed by atoms with Crippen molar-refractivity contribution in [2.24, 2.45) is 0 Å². The molecule has 0 saturated heterocycles. The molecular formula is C15H24N2OS. The third-order valence-electron chi connectivity index (χ3n) is 2.86. The molecule has 106 valence electrons. The molecule has 0 unspecified atom stereocenters. The Morgan fingerprint density at radius 2 is 1.89 bits per heavy atom. The zero-order valence-electron chi connectivity index (χ0n) is 12.1. The van der Waals surface area contributed by atoms with E-state index in [1.807, 2.05) is 30.0 Å². The van der Waals surface area contributed by atoms with E-state index in [9.17, 15) is 4.79 Å². The zero-order valence-corrected chi connectivity index (χ0v) is 12.9. The molecule has 0 atom stereocenters. The third kappa shape index (κ3) is 5.15. The number of anilines is 1. The van der Waals surface area contributed by atoms with Crippen molar-refractivity contribution < 1.29 is 4.79 Å². The van der Waals surface area contributed by atoms with E-state index in [0.717, 1.165) is 36.5 Å². The average Bonchev–Trinajstić information content (AvgIpc) is 2.39. The Morgan fingerprint density at radius 1 is 1.26 bits per heavy atom. The lowest BCUT2D eigenvalue weighted by atomic mass is 10.2. The summed E-state index contributed by atoms with van der Waals surface area (Å²) in [6.07, 6.45) is 2.01. The molecule has 1 aromatic rings. The van der Waals surface area contributed by atoms with E-state index >= 15 is 0 Å². The van der Waals surface area contributed by atoms with Crippen LogP contribution in [0.4, 0.5) is 5.69 Å². The number of rotatable bonds is 7. The summed E-state index contributed by atoms with van der Waals surface area (Å²) < 4.78 is 0. The summed E-state index contributed by atoms with van der Waals surface area (Å²) in [5, 5.41) is 0. The van der Waals surface area contributed by atoms with Crippen LogP contribution in [0.15, 0.2) is 23.1 Å². The molecule has 1 aromatic carbocycles. The van der Waals surface area contributed by atoms with Gasteiger partial charge in [-0.2, -0.15) is 0 Å². The van der Waals surface area contributed by atoms with Crippen LogP contribution in [0.5, 0.6) is 0 Å². The molecule has 0 radical (unpaired) electrons. The second kappa shape index (κ2) is 8.10. The van der Waals surface area contributed by atoms with Gasteiger partial charge in [0.2, 0.25) is 5.91 Å². The summed E-state index contributed by atoms with van der Waals surface area (Å²) in [5.41, 5.74) is 7.84. The maximum absolute atomic E-state index is 12.2. The van der Waals surface area contributed by atoms with Gasteiger partial charge in [-0.05, 0) is 37.5 Å². The summed E-state index contributed by atoms with van der Waals surface area (Å²) in [4.78, 5) is 15.1. The highest BCUT2D eigenvalue weighted by Gasteiger charge is 2.12. The Bertz CT molecular complexity index is 415. The lowest BCUT2D eigenvalue weighted by molar-refractivity contribution is -0.128. The van der Waals surface area contributed by atoms with Gasteiger partial charge in [-0.3, -0.25) is 4.79 Å². The summed E-state index contributed by atoms with van der Waals surface area (Å²) in [5.74, 6) is 0.669. The Kier molecular flexibility index (Phi) is 6.78. The van der Waals surface area contributed by atoms with Crippen LogP contribution < -0.4 is 5.73 Å². The standard InChI is InChI=1S/C15H24N2OS/c1-4-8-17(9-5-2)15(18)11-19-14-10-12(3)6-7-13(14)16/h6-7,10H,4-5,8-9,11,16H2,1-3H3. The normalized spacial score (nSPS) is 10.5. The van der Waals surface area contributed by atoms with Gasteiger partial charge in [-0.25, -0.2) is 0 Å². The lowest BCUT2D eigenvalue weighted by Crippen LogP contribution is -2.33. The van der Waals surface area contributed by atoms with Gasteiger partial charge in [0.25, 0.3) is 0 Å². The third-order valence-corrected chi connectivity index (χ3v) is 3.92. The van der Waals surface area contributed by atoms with Gasteiger partial charge in [-0.15, -0.1) is 11.8 Å². The predicted molar refractivity (Wildman–Crippen MR) is 83.5 cm³/mol. The molecule has 1 rings (SSSR count). The summed E-state index contributed by atoms with van der Waals surface area (Å²) in [6.45, 7) is 7.92. The number of amides is 1. The minimum absolute atomic E-state index is 0.203. The van der Waals surface area contributed by atoms with Crippen molar-refractivity contribution in [3.63, 3.8) is 0 Å². The smallest absolute Gasteiger partial charge is 0.232 e. The number of hydrogen-bond acceptors (Lipinski definition) is 3. The van der Waals surface area contributed by atoms with Crippen molar-refractivity contribution in [2.45, 2.75) is 38.5 Å².